The molecule has 0 aliphatic carbocycles. The van der Waals surface area contributed by atoms with Gasteiger partial charge < -0.3 is 0 Å². The zero-order valence-electron chi connectivity index (χ0n) is 9.77. The summed E-state index contributed by atoms with van der Waals surface area (Å²) in [5.74, 6) is 0. The fraction of sp³-hybridized carbons (Fsp3) is 0.500. The predicted molar refractivity (Wildman–Crippen MR) is 69.7 cm³/mol. The van der Waals surface area contributed by atoms with Crippen LogP contribution < -0.4 is 0 Å². The monoisotopic (exact) mass is 273 g/mol. The number of benzene rings is 1. The van der Waals surface area contributed by atoms with Gasteiger partial charge in [-0.15, -0.1) is 0 Å². The largest absolute Gasteiger partial charge is 0.212 e. The van der Waals surface area contributed by atoms with E-state index in [-0.39, 0.29) is 6.04 Å². The van der Waals surface area contributed by atoms with Gasteiger partial charge in [-0.2, -0.15) is 4.31 Å². The van der Waals surface area contributed by atoms with E-state index in [9.17, 15) is 8.42 Å². The number of hydrogen-bond acceptors (Lipinski definition) is 2. The summed E-state index contributed by atoms with van der Waals surface area (Å²) in [5, 5.41) is 0.716. The highest BCUT2D eigenvalue weighted by Gasteiger charge is 2.31. The molecule has 0 bridgehead atoms. The fourth-order valence-electron chi connectivity index (χ4n) is 2.37. The van der Waals surface area contributed by atoms with Crippen molar-refractivity contribution in [3.63, 3.8) is 0 Å². The van der Waals surface area contributed by atoms with Gasteiger partial charge in [-0.05, 0) is 30.9 Å². The molecule has 0 saturated carbocycles. The summed E-state index contributed by atoms with van der Waals surface area (Å²) < 4.78 is 24.8. The van der Waals surface area contributed by atoms with Crippen LogP contribution in [0.5, 0.6) is 0 Å². The van der Waals surface area contributed by atoms with Gasteiger partial charge in [0, 0.05) is 17.6 Å². The van der Waals surface area contributed by atoms with E-state index in [1.807, 2.05) is 24.3 Å². The van der Waals surface area contributed by atoms with Gasteiger partial charge in [0.05, 0.1) is 6.26 Å². The standard InChI is InChI=1S/C12H16ClNO2S/c1-17(15,16)14-8-4-6-11(14)9-10-5-2-3-7-12(10)13/h2-3,5,7,11H,4,6,8-9H2,1H3. The smallest absolute Gasteiger partial charge is 0.211 e. The molecule has 0 N–H and O–H groups in total. The number of sulfonamides is 1. The third-order valence-electron chi connectivity index (χ3n) is 3.16. The quantitative estimate of drug-likeness (QED) is 0.847. The second-order valence-corrected chi connectivity index (χ2v) is 6.81. The van der Waals surface area contributed by atoms with Crippen molar-refractivity contribution in [1.29, 1.82) is 0 Å². The zero-order chi connectivity index (χ0) is 12.5. The van der Waals surface area contributed by atoms with Gasteiger partial charge in [-0.25, -0.2) is 8.42 Å². The Hall–Kier alpha value is -0.580. The van der Waals surface area contributed by atoms with Crippen LogP contribution >= 0.6 is 11.6 Å². The number of halogens is 1. The van der Waals surface area contributed by atoms with Gasteiger partial charge in [0.25, 0.3) is 0 Å². The van der Waals surface area contributed by atoms with Crippen molar-refractivity contribution in [2.75, 3.05) is 12.8 Å². The molecule has 1 aliphatic heterocycles. The molecule has 1 unspecified atom stereocenters. The molecule has 1 fully saturated rings. The minimum Gasteiger partial charge on any atom is -0.212 e. The minimum absolute atomic E-state index is 0.0601. The molecule has 0 amide bonds. The summed E-state index contributed by atoms with van der Waals surface area (Å²) >= 11 is 6.10. The first-order valence-corrected chi connectivity index (χ1v) is 7.91. The van der Waals surface area contributed by atoms with Crippen LogP contribution in [0.3, 0.4) is 0 Å². The Balaban J connectivity index is 2.17. The van der Waals surface area contributed by atoms with Crippen molar-refractivity contribution >= 4 is 21.6 Å². The van der Waals surface area contributed by atoms with Crippen molar-refractivity contribution in [2.45, 2.75) is 25.3 Å². The molecule has 1 saturated heterocycles. The van der Waals surface area contributed by atoms with Crippen LogP contribution in [0.25, 0.3) is 0 Å². The lowest BCUT2D eigenvalue weighted by atomic mass is 10.0. The Morgan fingerprint density at radius 1 is 1.41 bits per heavy atom. The van der Waals surface area contributed by atoms with E-state index >= 15 is 0 Å². The molecular weight excluding hydrogens is 258 g/mol. The average Bonchev–Trinajstić information content (AvgIpc) is 2.69. The molecule has 0 aromatic heterocycles. The molecule has 0 spiro atoms. The Kier molecular flexibility index (Phi) is 3.76. The molecule has 1 atom stereocenters. The summed E-state index contributed by atoms with van der Waals surface area (Å²) in [5.41, 5.74) is 1.02. The summed E-state index contributed by atoms with van der Waals surface area (Å²) in [4.78, 5) is 0. The van der Waals surface area contributed by atoms with Gasteiger partial charge in [-0.1, -0.05) is 29.8 Å². The number of nitrogens with zero attached hydrogens (tertiary/aromatic N) is 1. The van der Waals surface area contributed by atoms with E-state index in [1.165, 1.54) is 6.26 Å². The highest BCUT2D eigenvalue weighted by molar-refractivity contribution is 7.88. The molecule has 2 rings (SSSR count). The second kappa shape index (κ2) is 4.96. The van der Waals surface area contributed by atoms with Crippen molar-refractivity contribution in [1.82, 2.24) is 4.31 Å². The van der Waals surface area contributed by atoms with Crippen molar-refractivity contribution in [3.05, 3.63) is 34.9 Å². The predicted octanol–water partition coefficient (Wildman–Crippen LogP) is 2.31. The van der Waals surface area contributed by atoms with Gasteiger partial charge in [0.2, 0.25) is 10.0 Å². The van der Waals surface area contributed by atoms with Crippen molar-refractivity contribution < 1.29 is 8.42 Å². The molecule has 5 heteroatoms. The van der Waals surface area contributed by atoms with Crippen molar-refractivity contribution in [3.8, 4) is 0 Å². The molecule has 94 valence electrons. The second-order valence-electron chi connectivity index (χ2n) is 4.47. The molecule has 1 aliphatic rings. The SMILES string of the molecule is CS(=O)(=O)N1CCCC1Cc1ccccc1Cl. The first kappa shape index (κ1) is 12.9. The average molecular weight is 274 g/mol. The number of rotatable bonds is 3. The van der Waals surface area contributed by atoms with E-state index in [4.69, 9.17) is 11.6 Å². The van der Waals surface area contributed by atoms with Crippen LogP contribution in [0.15, 0.2) is 24.3 Å². The summed E-state index contributed by atoms with van der Waals surface area (Å²) in [6.07, 6.45) is 3.82. The topological polar surface area (TPSA) is 37.4 Å². The number of hydrogen-bond donors (Lipinski definition) is 0. The van der Waals surface area contributed by atoms with E-state index < -0.39 is 10.0 Å². The maximum Gasteiger partial charge on any atom is 0.211 e. The highest BCUT2D eigenvalue weighted by atomic mass is 35.5. The Bertz CT molecular complexity index is 501. The fourth-order valence-corrected chi connectivity index (χ4v) is 3.76. The lowest BCUT2D eigenvalue weighted by Crippen LogP contribution is -2.35. The maximum atomic E-state index is 11.6. The molecule has 3 nitrogen and oxygen atoms in total. The third kappa shape index (κ3) is 3.00. The van der Waals surface area contributed by atoms with E-state index in [1.54, 1.807) is 4.31 Å². The van der Waals surface area contributed by atoms with Crippen LogP contribution in [0.1, 0.15) is 18.4 Å². The van der Waals surface area contributed by atoms with Crippen LogP contribution in [0.2, 0.25) is 5.02 Å². The minimum atomic E-state index is -3.09. The van der Waals surface area contributed by atoms with Gasteiger partial charge in [0.1, 0.15) is 0 Å². The summed E-state index contributed by atoms with van der Waals surface area (Å²) in [6.45, 7) is 0.633. The Morgan fingerprint density at radius 2 is 2.12 bits per heavy atom. The van der Waals surface area contributed by atoms with Crippen LogP contribution in [0.4, 0.5) is 0 Å². The summed E-state index contributed by atoms with van der Waals surface area (Å²) in [6, 6.07) is 7.68. The Labute approximate surface area is 107 Å². The maximum absolute atomic E-state index is 11.6. The van der Waals surface area contributed by atoms with Crippen LogP contribution in [0, 0.1) is 0 Å². The normalized spacial score (nSPS) is 21.9. The van der Waals surface area contributed by atoms with Gasteiger partial charge in [-0.3, -0.25) is 0 Å². The first-order chi connectivity index (χ1) is 7.98. The van der Waals surface area contributed by atoms with Crippen LogP contribution in [-0.4, -0.2) is 31.6 Å². The molecule has 0 radical (unpaired) electrons. The van der Waals surface area contributed by atoms with Gasteiger partial charge in [0.15, 0.2) is 0 Å². The molecule has 1 heterocycles. The Morgan fingerprint density at radius 3 is 2.76 bits per heavy atom. The molecule has 17 heavy (non-hydrogen) atoms. The van der Waals surface area contributed by atoms with Crippen LogP contribution in [-0.2, 0) is 16.4 Å². The van der Waals surface area contributed by atoms with E-state index in [2.05, 4.69) is 0 Å². The first-order valence-electron chi connectivity index (χ1n) is 5.68. The molecule has 1 aromatic carbocycles. The molecule has 1 aromatic rings. The summed E-state index contributed by atoms with van der Waals surface area (Å²) in [7, 11) is -3.09. The zero-order valence-corrected chi connectivity index (χ0v) is 11.3. The van der Waals surface area contributed by atoms with E-state index in [0.717, 1.165) is 18.4 Å². The lowest BCUT2D eigenvalue weighted by molar-refractivity contribution is 0.389. The van der Waals surface area contributed by atoms with E-state index in [0.29, 0.717) is 18.0 Å². The van der Waals surface area contributed by atoms with Gasteiger partial charge >= 0.3 is 0 Å². The highest BCUT2D eigenvalue weighted by Crippen LogP contribution is 2.26. The third-order valence-corrected chi connectivity index (χ3v) is 4.86. The molecular formula is C12H16ClNO2S. The lowest BCUT2D eigenvalue weighted by Gasteiger charge is -2.22. The van der Waals surface area contributed by atoms with Crippen molar-refractivity contribution in [2.24, 2.45) is 0 Å².